The molecular weight excluding hydrogens is 256 g/mol. The molecule has 0 heterocycles. The van der Waals surface area contributed by atoms with E-state index in [1.165, 1.54) is 0 Å². The van der Waals surface area contributed by atoms with Gasteiger partial charge in [0.1, 0.15) is 12.1 Å². The van der Waals surface area contributed by atoms with E-state index < -0.39 is 13.7 Å². The summed E-state index contributed by atoms with van der Waals surface area (Å²) < 4.78 is 6.11. The first-order chi connectivity index (χ1) is 8.47. The first-order valence-electron chi connectivity index (χ1n) is 7.09. The minimum absolute atomic E-state index is 0.135. The molecular formula is C15H30O3Si. The van der Waals surface area contributed by atoms with Gasteiger partial charge in [0.25, 0.3) is 0 Å². The van der Waals surface area contributed by atoms with Crippen LogP contribution in [0.5, 0.6) is 0 Å². The minimum Gasteiger partial charge on any atom is -0.416 e. The predicted molar refractivity (Wildman–Crippen MR) is 81.9 cm³/mol. The summed E-state index contributed by atoms with van der Waals surface area (Å²) in [5.41, 5.74) is -0.541. The topological polar surface area (TPSA) is 43.4 Å². The Morgan fingerprint density at radius 3 is 2.11 bits per heavy atom. The van der Waals surface area contributed by atoms with Crippen molar-refractivity contribution >= 4 is 20.4 Å². The van der Waals surface area contributed by atoms with Crippen LogP contribution < -0.4 is 0 Å². The number of carbonyl (C=O) groups is 2. The molecule has 0 N–H and O–H groups in total. The highest BCUT2D eigenvalue weighted by atomic mass is 28.4. The van der Waals surface area contributed by atoms with Gasteiger partial charge in [-0.3, -0.25) is 4.79 Å². The van der Waals surface area contributed by atoms with E-state index in [0.29, 0.717) is 25.9 Å². The van der Waals surface area contributed by atoms with Crippen LogP contribution in [-0.4, -0.2) is 27.0 Å². The Morgan fingerprint density at radius 2 is 1.74 bits per heavy atom. The van der Waals surface area contributed by atoms with Crippen molar-refractivity contribution in [2.75, 3.05) is 6.61 Å². The number of Topliss-reactive ketones (excluding diaryl/α,β-unsaturated/α-hetero) is 1. The Hall–Kier alpha value is -0.483. The monoisotopic (exact) mass is 286 g/mol. The molecule has 112 valence electrons. The van der Waals surface area contributed by atoms with Gasteiger partial charge in [-0.2, -0.15) is 0 Å². The summed E-state index contributed by atoms with van der Waals surface area (Å²) in [5.74, 6) is 0.209. The molecule has 3 nitrogen and oxygen atoms in total. The smallest absolute Gasteiger partial charge is 0.192 e. The number of hydrogen-bond acceptors (Lipinski definition) is 3. The van der Waals surface area contributed by atoms with Gasteiger partial charge in [-0.1, -0.05) is 34.6 Å². The molecule has 0 rings (SSSR count). The normalized spacial score (nSPS) is 15.9. The molecule has 0 aromatic rings. The molecule has 0 saturated carbocycles. The number of hydrogen-bond donors (Lipinski definition) is 0. The largest absolute Gasteiger partial charge is 0.416 e. The van der Waals surface area contributed by atoms with Gasteiger partial charge in [0.15, 0.2) is 8.32 Å². The molecule has 19 heavy (non-hydrogen) atoms. The molecule has 0 aromatic carbocycles. The first kappa shape index (κ1) is 18.5. The van der Waals surface area contributed by atoms with E-state index in [-0.39, 0.29) is 10.8 Å². The highest BCUT2D eigenvalue weighted by molar-refractivity contribution is 6.74. The Balaban J connectivity index is 4.56. The highest BCUT2D eigenvalue weighted by Gasteiger charge is 2.39. The van der Waals surface area contributed by atoms with Crippen LogP contribution in [-0.2, 0) is 14.0 Å². The fourth-order valence-electron chi connectivity index (χ4n) is 1.33. The van der Waals surface area contributed by atoms with Gasteiger partial charge in [0, 0.05) is 24.9 Å². The number of carbonyl (C=O) groups excluding carboxylic acids is 2. The summed E-state index contributed by atoms with van der Waals surface area (Å²) in [6, 6.07) is 0. The molecule has 0 spiro atoms. The van der Waals surface area contributed by atoms with Crippen molar-refractivity contribution in [1.82, 2.24) is 0 Å². The van der Waals surface area contributed by atoms with Gasteiger partial charge in [-0.05, 0) is 24.6 Å². The third-order valence-corrected chi connectivity index (χ3v) is 8.70. The second-order valence-corrected chi connectivity index (χ2v) is 12.0. The predicted octanol–water partition coefficient (Wildman–Crippen LogP) is 3.97. The third-order valence-electron chi connectivity index (χ3n) is 4.22. The van der Waals surface area contributed by atoms with Crippen LogP contribution in [0.25, 0.3) is 0 Å². The summed E-state index contributed by atoms with van der Waals surface area (Å²) in [7, 11) is -1.84. The molecule has 0 aliphatic rings. The molecule has 0 aliphatic heterocycles. The van der Waals surface area contributed by atoms with Gasteiger partial charge in [0.05, 0.1) is 0 Å². The second kappa shape index (κ2) is 6.80. The molecule has 0 aromatic heterocycles. The lowest BCUT2D eigenvalue weighted by atomic mass is 9.87. The van der Waals surface area contributed by atoms with Crippen LogP contribution in [0.1, 0.15) is 53.9 Å². The molecule has 0 aliphatic carbocycles. The van der Waals surface area contributed by atoms with Crippen molar-refractivity contribution in [2.24, 2.45) is 5.41 Å². The maximum Gasteiger partial charge on any atom is 0.192 e. The van der Waals surface area contributed by atoms with Crippen LogP contribution in [0.15, 0.2) is 0 Å². The lowest BCUT2D eigenvalue weighted by Crippen LogP contribution is -2.44. The van der Waals surface area contributed by atoms with Crippen molar-refractivity contribution in [3.05, 3.63) is 0 Å². The molecule has 4 heteroatoms. The number of ketones is 1. The quantitative estimate of drug-likeness (QED) is 0.501. The van der Waals surface area contributed by atoms with Gasteiger partial charge >= 0.3 is 0 Å². The second-order valence-electron chi connectivity index (χ2n) is 7.21. The molecule has 0 saturated heterocycles. The molecule has 0 radical (unpaired) electrons. The first-order valence-corrected chi connectivity index (χ1v) is 10.0. The lowest BCUT2D eigenvalue weighted by Gasteiger charge is -2.38. The van der Waals surface area contributed by atoms with Crippen LogP contribution in [0.4, 0.5) is 0 Å². The average molecular weight is 286 g/mol. The lowest BCUT2D eigenvalue weighted by molar-refractivity contribution is -0.121. The van der Waals surface area contributed by atoms with E-state index >= 15 is 0 Å². The zero-order valence-electron chi connectivity index (χ0n) is 13.6. The van der Waals surface area contributed by atoms with Gasteiger partial charge in [0.2, 0.25) is 0 Å². The van der Waals surface area contributed by atoms with Crippen molar-refractivity contribution in [3.8, 4) is 0 Å². The maximum absolute atomic E-state index is 11.4. The van der Waals surface area contributed by atoms with Crippen LogP contribution in [0.3, 0.4) is 0 Å². The molecule has 1 atom stereocenters. The SMILES string of the molecule is CCC(=O)CC[C@](C)(C=O)CO[Si](C)(C)C(C)(C)C. The maximum atomic E-state index is 11.4. The Bertz CT molecular complexity index is 318. The summed E-state index contributed by atoms with van der Waals surface area (Å²) in [6.07, 6.45) is 2.53. The van der Waals surface area contributed by atoms with Crippen LogP contribution >= 0.6 is 0 Å². The van der Waals surface area contributed by atoms with E-state index in [2.05, 4.69) is 33.9 Å². The third kappa shape index (κ3) is 6.00. The fourth-order valence-corrected chi connectivity index (χ4v) is 2.45. The molecule has 0 unspecified atom stereocenters. The van der Waals surface area contributed by atoms with Crippen LogP contribution in [0.2, 0.25) is 18.1 Å². The molecule has 0 fully saturated rings. The van der Waals surface area contributed by atoms with Gasteiger partial charge in [-0.25, -0.2) is 0 Å². The Morgan fingerprint density at radius 1 is 1.21 bits per heavy atom. The molecule has 0 amide bonds. The highest BCUT2D eigenvalue weighted by Crippen LogP contribution is 2.37. The number of rotatable bonds is 8. The summed E-state index contributed by atoms with van der Waals surface area (Å²) >= 11 is 0. The van der Waals surface area contributed by atoms with E-state index in [9.17, 15) is 9.59 Å². The Kier molecular flexibility index (Phi) is 6.62. The minimum atomic E-state index is -1.84. The van der Waals surface area contributed by atoms with Gasteiger partial charge in [-0.15, -0.1) is 0 Å². The van der Waals surface area contributed by atoms with Crippen molar-refractivity contribution in [2.45, 2.75) is 72.0 Å². The summed E-state index contributed by atoms with van der Waals surface area (Å²) in [6.45, 7) is 15.0. The van der Waals surface area contributed by atoms with Crippen LogP contribution in [0, 0.1) is 5.41 Å². The zero-order valence-corrected chi connectivity index (χ0v) is 14.6. The zero-order chi connectivity index (χ0) is 15.3. The molecule has 0 bridgehead atoms. The van der Waals surface area contributed by atoms with E-state index in [4.69, 9.17) is 4.43 Å². The standard InChI is InChI=1S/C15H30O3Si/c1-8-13(17)9-10-15(5,11-16)12-18-19(6,7)14(2,3)4/h11H,8-10,12H2,1-7H3/t15-/m1/s1. The Labute approximate surface area is 119 Å². The fraction of sp³-hybridized carbons (Fsp3) is 0.867. The average Bonchev–Trinajstić information content (AvgIpc) is 2.32. The van der Waals surface area contributed by atoms with E-state index in [1.54, 1.807) is 0 Å². The van der Waals surface area contributed by atoms with E-state index in [0.717, 1.165) is 6.29 Å². The van der Waals surface area contributed by atoms with Gasteiger partial charge < -0.3 is 9.22 Å². The van der Waals surface area contributed by atoms with Crippen molar-refractivity contribution in [1.29, 1.82) is 0 Å². The van der Waals surface area contributed by atoms with Crippen molar-refractivity contribution in [3.63, 3.8) is 0 Å². The van der Waals surface area contributed by atoms with Crippen molar-refractivity contribution < 1.29 is 14.0 Å². The number of aldehydes is 1. The summed E-state index contributed by atoms with van der Waals surface area (Å²) in [4.78, 5) is 22.7. The summed E-state index contributed by atoms with van der Waals surface area (Å²) in [5, 5.41) is 0.135. The van der Waals surface area contributed by atoms with E-state index in [1.807, 2.05) is 13.8 Å².